The molecule has 6 heteroatoms. The van der Waals surface area contributed by atoms with Crippen molar-refractivity contribution >= 4 is 0 Å². The average Bonchev–Trinajstić information content (AvgIpc) is 3.39. The van der Waals surface area contributed by atoms with E-state index in [1.807, 2.05) is 0 Å². The van der Waals surface area contributed by atoms with E-state index in [9.17, 15) is 0 Å². The second-order valence-electron chi connectivity index (χ2n) is 6.38. The molecular formula is C15H24O6. The summed E-state index contributed by atoms with van der Waals surface area (Å²) in [5, 5.41) is 0. The van der Waals surface area contributed by atoms with Gasteiger partial charge in [-0.25, -0.2) is 0 Å². The Hall–Kier alpha value is -0.240. The van der Waals surface area contributed by atoms with E-state index in [4.69, 9.17) is 28.4 Å². The van der Waals surface area contributed by atoms with Crippen LogP contribution in [-0.2, 0) is 28.4 Å². The van der Waals surface area contributed by atoms with E-state index in [1.165, 1.54) is 0 Å². The Morgan fingerprint density at radius 2 is 1.19 bits per heavy atom. The lowest BCUT2D eigenvalue weighted by Crippen LogP contribution is -2.42. The van der Waals surface area contributed by atoms with Crippen molar-refractivity contribution in [2.45, 2.75) is 55.9 Å². The fraction of sp³-hybridized carbons (Fsp3) is 1.00. The SMILES string of the molecule is C1CC(OCC2CO2)C(OCC2CO2)CC1OCC1CO1. The molecule has 1 saturated carbocycles. The van der Waals surface area contributed by atoms with Crippen LogP contribution in [0.1, 0.15) is 19.3 Å². The first-order chi connectivity index (χ1) is 10.4. The summed E-state index contributed by atoms with van der Waals surface area (Å²) in [6, 6.07) is 0. The highest BCUT2D eigenvalue weighted by Crippen LogP contribution is 2.29. The quantitative estimate of drug-likeness (QED) is 0.579. The fourth-order valence-corrected chi connectivity index (χ4v) is 2.78. The van der Waals surface area contributed by atoms with Gasteiger partial charge in [-0.05, 0) is 12.8 Å². The molecule has 0 aromatic carbocycles. The molecule has 3 heterocycles. The van der Waals surface area contributed by atoms with Crippen molar-refractivity contribution in [3.05, 3.63) is 0 Å². The van der Waals surface area contributed by atoms with Crippen molar-refractivity contribution in [2.75, 3.05) is 39.6 Å². The first kappa shape index (κ1) is 14.4. The fourth-order valence-electron chi connectivity index (χ4n) is 2.78. The van der Waals surface area contributed by atoms with E-state index in [0.717, 1.165) is 39.1 Å². The van der Waals surface area contributed by atoms with Gasteiger partial charge in [-0.15, -0.1) is 0 Å². The maximum absolute atomic E-state index is 6.02. The first-order valence-corrected chi connectivity index (χ1v) is 8.06. The minimum absolute atomic E-state index is 0.104. The largest absolute Gasteiger partial charge is 0.375 e. The summed E-state index contributed by atoms with van der Waals surface area (Å²) in [5.74, 6) is 0. The topological polar surface area (TPSA) is 65.3 Å². The van der Waals surface area contributed by atoms with E-state index in [-0.39, 0.29) is 18.3 Å². The van der Waals surface area contributed by atoms with Crippen LogP contribution in [0.25, 0.3) is 0 Å². The minimum Gasteiger partial charge on any atom is -0.375 e. The average molecular weight is 300 g/mol. The van der Waals surface area contributed by atoms with E-state index in [1.54, 1.807) is 0 Å². The third-order valence-corrected chi connectivity index (χ3v) is 4.40. The Bertz CT molecular complexity index is 339. The van der Waals surface area contributed by atoms with Crippen LogP contribution in [0.15, 0.2) is 0 Å². The Morgan fingerprint density at radius 3 is 1.76 bits per heavy atom. The third-order valence-electron chi connectivity index (χ3n) is 4.40. The number of hydrogen-bond acceptors (Lipinski definition) is 6. The maximum Gasteiger partial charge on any atom is 0.104 e. The lowest BCUT2D eigenvalue weighted by molar-refractivity contribution is -0.129. The van der Waals surface area contributed by atoms with Crippen LogP contribution in [0.2, 0.25) is 0 Å². The Morgan fingerprint density at radius 1 is 0.667 bits per heavy atom. The summed E-state index contributed by atoms with van der Waals surface area (Å²) in [5.41, 5.74) is 0. The molecule has 4 fully saturated rings. The van der Waals surface area contributed by atoms with Crippen LogP contribution in [0.5, 0.6) is 0 Å². The molecule has 6 atom stereocenters. The monoisotopic (exact) mass is 300 g/mol. The van der Waals surface area contributed by atoms with Crippen molar-refractivity contribution in [3.8, 4) is 0 Å². The number of ether oxygens (including phenoxy) is 6. The maximum atomic E-state index is 6.02. The van der Waals surface area contributed by atoms with Crippen molar-refractivity contribution < 1.29 is 28.4 Å². The lowest BCUT2D eigenvalue weighted by atomic mass is 9.92. The van der Waals surface area contributed by atoms with Gasteiger partial charge >= 0.3 is 0 Å². The van der Waals surface area contributed by atoms with E-state index in [2.05, 4.69) is 0 Å². The second-order valence-corrected chi connectivity index (χ2v) is 6.38. The molecule has 4 aliphatic rings. The van der Waals surface area contributed by atoms with Crippen LogP contribution in [-0.4, -0.2) is 76.3 Å². The van der Waals surface area contributed by atoms with Gasteiger partial charge in [0.25, 0.3) is 0 Å². The molecule has 3 saturated heterocycles. The standard InChI is InChI=1S/C15H24O6/c1-2-14(20-8-12-6-18-12)15(21-9-13-7-19-13)3-10(1)16-4-11-5-17-11/h10-15H,1-9H2. The molecule has 0 spiro atoms. The highest BCUT2D eigenvalue weighted by atomic mass is 16.6. The summed E-state index contributed by atoms with van der Waals surface area (Å²) in [4.78, 5) is 0. The second kappa shape index (κ2) is 6.48. The van der Waals surface area contributed by atoms with Crippen molar-refractivity contribution in [1.82, 2.24) is 0 Å². The molecule has 0 radical (unpaired) electrons. The van der Waals surface area contributed by atoms with Crippen LogP contribution in [0, 0.1) is 0 Å². The lowest BCUT2D eigenvalue weighted by Gasteiger charge is -2.35. The molecule has 3 aliphatic heterocycles. The minimum atomic E-state index is 0.104. The highest BCUT2D eigenvalue weighted by molar-refractivity contribution is 4.85. The van der Waals surface area contributed by atoms with Crippen LogP contribution >= 0.6 is 0 Å². The Kier molecular flexibility index (Phi) is 4.43. The van der Waals surface area contributed by atoms with E-state index < -0.39 is 0 Å². The third kappa shape index (κ3) is 4.61. The van der Waals surface area contributed by atoms with Crippen LogP contribution in [0.4, 0.5) is 0 Å². The van der Waals surface area contributed by atoms with Gasteiger partial charge in [0.1, 0.15) is 18.3 Å². The molecule has 6 unspecified atom stereocenters. The van der Waals surface area contributed by atoms with Crippen molar-refractivity contribution in [1.29, 1.82) is 0 Å². The molecule has 21 heavy (non-hydrogen) atoms. The van der Waals surface area contributed by atoms with Gasteiger partial charge in [0.15, 0.2) is 0 Å². The van der Waals surface area contributed by atoms with Gasteiger partial charge in [-0.3, -0.25) is 0 Å². The predicted molar refractivity (Wildman–Crippen MR) is 72.3 cm³/mol. The molecule has 0 amide bonds. The van der Waals surface area contributed by atoms with Gasteiger partial charge in [-0.2, -0.15) is 0 Å². The zero-order valence-corrected chi connectivity index (χ0v) is 12.3. The van der Waals surface area contributed by atoms with Gasteiger partial charge in [0.05, 0.1) is 58.0 Å². The van der Waals surface area contributed by atoms with Gasteiger partial charge in [0.2, 0.25) is 0 Å². The molecule has 0 N–H and O–H groups in total. The summed E-state index contributed by atoms with van der Waals surface area (Å²) >= 11 is 0. The smallest absolute Gasteiger partial charge is 0.104 e. The number of hydrogen-bond donors (Lipinski definition) is 0. The van der Waals surface area contributed by atoms with Crippen molar-refractivity contribution in [2.24, 2.45) is 0 Å². The molecule has 0 aromatic heterocycles. The number of epoxide rings is 3. The zero-order valence-electron chi connectivity index (χ0n) is 12.3. The summed E-state index contributed by atoms with van der Waals surface area (Å²) in [6.45, 7) is 4.58. The Labute approximate surface area is 125 Å². The zero-order chi connectivity index (χ0) is 14.1. The molecule has 1 aliphatic carbocycles. The van der Waals surface area contributed by atoms with Gasteiger partial charge < -0.3 is 28.4 Å². The summed E-state index contributed by atoms with van der Waals surface area (Å²) < 4.78 is 33.6. The molecule has 0 bridgehead atoms. The molecule has 6 nitrogen and oxygen atoms in total. The normalized spacial score (nSPS) is 44.6. The highest BCUT2D eigenvalue weighted by Gasteiger charge is 2.36. The Balaban J connectivity index is 1.24. The van der Waals surface area contributed by atoms with Gasteiger partial charge in [0, 0.05) is 6.42 Å². The molecule has 4 rings (SSSR count). The van der Waals surface area contributed by atoms with E-state index >= 15 is 0 Å². The van der Waals surface area contributed by atoms with Crippen LogP contribution < -0.4 is 0 Å². The summed E-state index contributed by atoms with van der Waals surface area (Å²) in [6.07, 6.45) is 4.35. The molecule has 0 aromatic rings. The predicted octanol–water partition coefficient (Wildman–Crippen LogP) is 0.522. The van der Waals surface area contributed by atoms with Crippen LogP contribution in [0.3, 0.4) is 0 Å². The number of rotatable bonds is 9. The molecule has 120 valence electrons. The molecular weight excluding hydrogens is 276 g/mol. The van der Waals surface area contributed by atoms with E-state index in [0.29, 0.717) is 38.1 Å². The first-order valence-electron chi connectivity index (χ1n) is 8.06. The van der Waals surface area contributed by atoms with Gasteiger partial charge in [-0.1, -0.05) is 0 Å². The van der Waals surface area contributed by atoms with Crippen molar-refractivity contribution in [3.63, 3.8) is 0 Å². The summed E-state index contributed by atoms with van der Waals surface area (Å²) in [7, 11) is 0.